The summed E-state index contributed by atoms with van der Waals surface area (Å²) in [6, 6.07) is 1.90. The highest BCUT2D eigenvalue weighted by Gasteiger charge is 2.71. The summed E-state index contributed by atoms with van der Waals surface area (Å²) in [5.41, 5.74) is -5.59. The van der Waals surface area contributed by atoms with E-state index in [1.165, 1.54) is 13.0 Å². The van der Waals surface area contributed by atoms with Crippen LogP contribution >= 0.6 is 0 Å². The van der Waals surface area contributed by atoms with Crippen molar-refractivity contribution < 1.29 is 41.4 Å². The van der Waals surface area contributed by atoms with Crippen molar-refractivity contribution in [2.45, 2.75) is 110 Å². The number of fused-ring (bicyclic) bond motifs is 7. The molecule has 5 aliphatic carbocycles. The maximum absolute atomic E-state index is 14.3. The van der Waals surface area contributed by atoms with Crippen molar-refractivity contribution in [1.29, 1.82) is 5.26 Å². The van der Waals surface area contributed by atoms with Crippen LogP contribution in [-0.4, -0.2) is 45.8 Å². The second-order valence-electron chi connectivity index (χ2n) is 15.4. The molecule has 0 saturated heterocycles. The van der Waals surface area contributed by atoms with Gasteiger partial charge in [0.1, 0.15) is 11.7 Å². The van der Waals surface area contributed by atoms with E-state index in [2.05, 4.69) is 5.32 Å². The normalized spacial score (nSPS) is 44.0. The van der Waals surface area contributed by atoms with Crippen molar-refractivity contribution >= 4 is 17.5 Å². The van der Waals surface area contributed by atoms with Crippen molar-refractivity contribution in [3.8, 4) is 6.07 Å². The Hall–Kier alpha value is -2.61. The predicted molar refractivity (Wildman–Crippen MR) is 145 cm³/mol. The SMILES string of the molecule is CC1(C)CC[C@]2(NC(=O)C(F)(F)C(F)(F)F)CC[C@]3(C)C(C(=O)C=C4[C@@]5(C)C=C(C#N)C(=O)[C@@](C)(O)[C@@H]5CC[C@]43C)C2C1. The summed E-state index contributed by atoms with van der Waals surface area (Å²) in [6.07, 6.45) is -0.711. The van der Waals surface area contributed by atoms with Gasteiger partial charge in [-0.3, -0.25) is 14.4 Å². The molecular formula is C32H39F5N2O4. The molecular weight excluding hydrogens is 571 g/mol. The Bertz CT molecular complexity index is 1410. The first kappa shape index (κ1) is 31.8. The number of hydrogen-bond acceptors (Lipinski definition) is 5. The maximum Gasteiger partial charge on any atom is 0.463 e. The molecule has 0 bridgehead atoms. The van der Waals surface area contributed by atoms with Gasteiger partial charge in [-0.15, -0.1) is 0 Å². The number of amides is 1. The predicted octanol–water partition coefficient (Wildman–Crippen LogP) is 6.00. The van der Waals surface area contributed by atoms with E-state index in [9.17, 15) is 46.7 Å². The smallest absolute Gasteiger partial charge is 0.382 e. The second kappa shape index (κ2) is 8.98. The number of ketones is 2. The van der Waals surface area contributed by atoms with Gasteiger partial charge in [0.2, 0.25) is 5.78 Å². The lowest BCUT2D eigenvalue weighted by Gasteiger charge is -2.69. The summed E-state index contributed by atoms with van der Waals surface area (Å²) in [4.78, 5) is 39.9. The van der Waals surface area contributed by atoms with Gasteiger partial charge in [0.15, 0.2) is 5.78 Å². The standard InChI is InChI=1S/C32H39F5N2O4/c1-25(2)9-11-30(39-24(42)31(33,34)32(35,36)37)12-10-28(5)22(18(30)15-25)19(40)13-21-26(3)14-17(16-38)23(41)29(6,43)20(26)7-8-27(21,28)4/h13-14,18,20,22,43H,7-12,15H2,1-6H3,(H,39,42)/t18?,20-,22?,26+,27-,28-,29+,30+/m1/s1. The van der Waals surface area contributed by atoms with Crippen LogP contribution in [0.1, 0.15) is 86.5 Å². The fourth-order valence-corrected chi connectivity index (χ4v) is 9.96. The molecule has 2 unspecified atom stereocenters. The maximum atomic E-state index is 14.3. The first-order chi connectivity index (χ1) is 19.4. The molecule has 0 aromatic rings. The molecule has 0 radical (unpaired) electrons. The highest BCUT2D eigenvalue weighted by Crippen LogP contribution is 2.72. The molecule has 0 spiro atoms. The molecule has 2 N–H and O–H groups in total. The van der Waals surface area contributed by atoms with E-state index in [0.717, 1.165) is 0 Å². The molecule has 0 aromatic carbocycles. The molecule has 3 saturated carbocycles. The average molecular weight is 611 g/mol. The molecule has 236 valence electrons. The van der Waals surface area contributed by atoms with Crippen LogP contribution in [0.25, 0.3) is 0 Å². The van der Waals surface area contributed by atoms with E-state index in [0.29, 0.717) is 31.3 Å². The lowest BCUT2D eigenvalue weighted by atomic mass is 9.35. The number of carbonyl (C=O) groups excluding carboxylic acids is 3. The molecule has 6 nitrogen and oxygen atoms in total. The molecule has 8 atom stereocenters. The zero-order valence-electron chi connectivity index (χ0n) is 25.3. The van der Waals surface area contributed by atoms with E-state index in [1.807, 2.05) is 40.7 Å². The largest absolute Gasteiger partial charge is 0.463 e. The van der Waals surface area contributed by atoms with Crippen molar-refractivity contribution in [2.24, 2.45) is 39.4 Å². The van der Waals surface area contributed by atoms with Crippen molar-refractivity contribution in [3.63, 3.8) is 0 Å². The van der Waals surface area contributed by atoms with Crippen LogP contribution in [0.5, 0.6) is 0 Å². The van der Waals surface area contributed by atoms with Crippen LogP contribution in [0.4, 0.5) is 22.0 Å². The molecule has 3 fully saturated rings. The fourth-order valence-electron chi connectivity index (χ4n) is 9.96. The molecule has 11 heteroatoms. The molecule has 5 aliphatic rings. The number of nitrogens with zero attached hydrogens (tertiary/aromatic N) is 1. The fraction of sp³-hybridized carbons (Fsp3) is 0.750. The number of rotatable bonds is 2. The molecule has 0 heterocycles. The van der Waals surface area contributed by atoms with Gasteiger partial charge in [-0.2, -0.15) is 27.2 Å². The van der Waals surface area contributed by atoms with E-state index in [4.69, 9.17) is 0 Å². The van der Waals surface area contributed by atoms with Crippen molar-refractivity contribution in [2.75, 3.05) is 0 Å². The van der Waals surface area contributed by atoms with Crippen LogP contribution in [0.15, 0.2) is 23.3 Å². The average Bonchev–Trinajstić information content (AvgIpc) is 2.87. The Labute approximate surface area is 248 Å². The number of Topliss-reactive ketones (excluding diaryl/α,β-unsaturated/α-hetero) is 1. The van der Waals surface area contributed by atoms with E-state index < -0.39 is 68.9 Å². The summed E-state index contributed by atoms with van der Waals surface area (Å²) in [6.45, 7) is 11.1. The zero-order chi connectivity index (χ0) is 32.4. The Morgan fingerprint density at radius 3 is 2.19 bits per heavy atom. The number of alkyl halides is 5. The third-order valence-electron chi connectivity index (χ3n) is 12.5. The number of halogens is 5. The zero-order valence-corrected chi connectivity index (χ0v) is 25.3. The lowest BCUT2D eigenvalue weighted by Crippen LogP contribution is -2.71. The first-order valence-corrected chi connectivity index (χ1v) is 14.9. The Morgan fingerprint density at radius 1 is 1.00 bits per heavy atom. The highest BCUT2D eigenvalue weighted by atomic mass is 19.4. The first-order valence-electron chi connectivity index (χ1n) is 14.9. The van der Waals surface area contributed by atoms with Crippen LogP contribution in [0.3, 0.4) is 0 Å². The van der Waals surface area contributed by atoms with E-state index in [1.54, 1.807) is 6.08 Å². The number of aliphatic hydroxyl groups is 1. The summed E-state index contributed by atoms with van der Waals surface area (Å²) in [5.74, 6) is -11.0. The van der Waals surface area contributed by atoms with Gasteiger partial charge in [0, 0.05) is 22.8 Å². The van der Waals surface area contributed by atoms with Crippen LogP contribution < -0.4 is 5.32 Å². The number of nitriles is 1. The van der Waals surface area contributed by atoms with Crippen molar-refractivity contribution in [3.05, 3.63) is 23.3 Å². The number of carbonyl (C=O) groups is 3. The van der Waals surface area contributed by atoms with Gasteiger partial charge in [0.05, 0.1) is 5.57 Å². The van der Waals surface area contributed by atoms with Gasteiger partial charge in [-0.1, -0.05) is 46.3 Å². The van der Waals surface area contributed by atoms with Gasteiger partial charge < -0.3 is 10.4 Å². The number of hydrogen-bond donors (Lipinski definition) is 2. The van der Waals surface area contributed by atoms with E-state index in [-0.39, 0.29) is 36.0 Å². The quantitative estimate of drug-likeness (QED) is 0.373. The second-order valence-corrected chi connectivity index (χ2v) is 15.4. The number of allylic oxidation sites excluding steroid dienone is 3. The van der Waals surface area contributed by atoms with Gasteiger partial charge in [-0.25, -0.2) is 0 Å². The monoisotopic (exact) mass is 610 g/mol. The third kappa shape index (κ3) is 4.07. The minimum Gasteiger partial charge on any atom is -0.382 e. The highest BCUT2D eigenvalue weighted by molar-refractivity contribution is 6.06. The summed E-state index contributed by atoms with van der Waals surface area (Å²) >= 11 is 0. The van der Waals surface area contributed by atoms with Crippen LogP contribution in [0, 0.1) is 50.7 Å². The molecule has 0 aromatic heterocycles. The number of nitrogens with one attached hydrogen (secondary N) is 1. The van der Waals surface area contributed by atoms with Gasteiger partial charge in [-0.05, 0) is 80.1 Å². The van der Waals surface area contributed by atoms with Gasteiger partial charge >= 0.3 is 18.0 Å². The molecule has 1 amide bonds. The summed E-state index contributed by atoms with van der Waals surface area (Å²) < 4.78 is 68.0. The lowest BCUT2D eigenvalue weighted by molar-refractivity contribution is -0.271. The topological polar surface area (TPSA) is 107 Å². The molecule has 0 aliphatic heterocycles. The Balaban J connectivity index is 1.65. The molecule has 43 heavy (non-hydrogen) atoms. The summed E-state index contributed by atoms with van der Waals surface area (Å²) in [7, 11) is 0. The minimum absolute atomic E-state index is 0.117. The van der Waals surface area contributed by atoms with Crippen LogP contribution in [0.2, 0.25) is 0 Å². The van der Waals surface area contributed by atoms with Gasteiger partial charge in [0.25, 0.3) is 0 Å². The third-order valence-corrected chi connectivity index (χ3v) is 12.5. The molecule has 5 rings (SSSR count). The van der Waals surface area contributed by atoms with Crippen molar-refractivity contribution in [1.82, 2.24) is 5.32 Å². The minimum atomic E-state index is -6.06. The Morgan fingerprint density at radius 2 is 1.60 bits per heavy atom. The summed E-state index contributed by atoms with van der Waals surface area (Å²) in [5, 5.41) is 23.3. The van der Waals surface area contributed by atoms with E-state index >= 15 is 0 Å². The van der Waals surface area contributed by atoms with Crippen LogP contribution in [-0.2, 0) is 14.4 Å². The Kier molecular flexibility index (Phi) is 6.64.